The summed E-state index contributed by atoms with van der Waals surface area (Å²) in [6, 6.07) is 8.22. The van der Waals surface area contributed by atoms with E-state index in [1.54, 1.807) is 0 Å². The fraction of sp³-hybridized carbons (Fsp3) is 0.393. The van der Waals surface area contributed by atoms with Crippen molar-refractivity contribution >= 4 is 39.7 Å². The van der Waals surface area contributed by atoms with Crippen LogP contribution in [0.15, 0.2) is 48.9 Å². The van der Waals surface area contributed by atoms with Crippen LogP contribution in [0.4, 0.5) is 16.2 Å². The van der Waals surface area contributed by atoms with E-state index < -0.39 is 0 Å². The van der Waals surface area contributed by atoms with Crippen molar-refractivity contribution in [3.05, 3.63) is 60.3 Å². The Morgan fingerprint density at radius 3 is 2.76 bits per heavy atom. The van der Waals surface area contributed by atoms with E-state index in [9.17, 15) is 4.79 Å². The third kappa shape index (κ3) is 5.61. The lowest BCUT2D eigenvalue weighted by Crippen LogP contribution is -2.49. The number of carbonyl (C=O) groups is 1. The molecule has 0 atom stereocenters. The van der Waals surface area contributed by atoms with Crippen molar-refractivity contribution in [2.24, 2.45) is 0 Å². The van der Waals surface area contributed by atoms with Gasteiger partial charge in [0.25, 0.3) is 0 Å². The van der Waals surface area contributed by atoms with E-state index in [1.165, 1.54) is 11.3 Å². The molecule has 0 bridgehead atoms. The molecule has 4 aromatic heterocycles. The molecule has 1 aliphatic heterocycles. The maximum absolute atomic E-state index is 12.5. The average molecular weight is 501 g/mol. The number of hydrogen-bond donors (Lipinski definition) is 3. The molecule has 1 aliphatic rings. The van der Waals surface area contributed by atoms with E-state index in [0.29, 0.717) is 13.1 Å². The van der Waals surface area contributed by atoms with Crippen LogP contribution in [0.25, 0.3) is 22.3 Å². The summed E-state index contributed by atoms with van der Waals surface area (Å²) in [5, 5.41) is 7.66. The Morgan fingerprint density at radius 2 is 2.03 bits per heavy atom. The minimum Gasteiger partial charge on any atom is -0.354 e. The summed E-state index contributed by atoms with van der Waals surface area (Å²) in [4.78, 5) is 29.1. The van der Waals surface area contributed by atoms with Gasteiger partial charge in [-0.2, -0.15) is 0 Å². The maximum atomic E-state index is 12.5. The van der Waals surface area contributed by atoms with Crippen molar-refractivity contribution in [1.82, 2.24) is 34.5 Å². The first-order valence-corrected chi connectivity index (χ1v) is 12.8. The first kappa shape index (κ1) is 24.8. The minimum atomic E-state index is -0.247. The number of urea groups is 1. The minimum absolute atomic E-state index is 0.0210. The van der Waals surface area contributed by atoms with Crippen molar-refractivity contribution in [2.75, 3.05) is 39.0 Å². The van der Waals surface area contributed by atoms with E-state index in [1.807, 2.05) is 50.2 Å². The van der Waals surface area contributed by atoms with Crippen molar-refractivity contribution in [3.63, 3.8) is 0 Å². The number of nitrogens with one attached hydrogen (secondary N) is 3. The zero-order valence-corrected chi connectivity index (χ0v) is 22.3. The summed E-state index contributed by atoms with van der Waals surface area (Å²) in [6.45, 7) is 8.23. The number of likely N-dealkylation sites (N-methyl/N-ethyl adjacent to an activating group) is 1. The lowest BCUT2D eigenvalue weighted by atomic mass is 10.0. The first-order valence-electron chi connectivity index (χ1n) is 12.8. The van der Waals surface area contributed by atoms with Crippen LogP contribution in [0.2, 0.25) is 0 Å². The van der Waals surface area contributed by atoms with Crippen LogP contribution in [0.3, 0.4) is 0 Å². The summed E-state index contributed by atoms with van der Waals surface area (Å²) in [5.41, 5.74) is 6.95. The molecule has 5 heterocycles. The Labute approximate surface area is 217 Å². The van der Waals surface area contributed by atoms with E-state index >= 15 is 0 Å². The number of hydrogen-bond acceptors (Lipinski definition) is 5. The molecular weight excluding hydrogens is 464 g/mol. The third-order valence-electron chi connectivity index (χ3n) is 6.53. The van der Waals surface area contributed by atoms with Crippen LogP contribution >= 0.6 is 0 Å². The van der Waals surface area contributed by atoms with Gasteiger partial charge in [-0.05, 0) is 71.1 Å². The van der Waals surface area contributed by atoms with Crippen LogP contribution in [0.5, 0.6) is 0 Å². The summed E-state index contributed by atoms with van der Waals surface area (Å²) < 4.78 is 2.15. The zero-order valence-electron chi connectivity index (χ0n) is 22.3. The van der Waals surface area contributed by atoms with Crippen molar-refractivity contribution < 1.29 is 4.79 Å². The van der Waals surface area contributed by atoms with E-state index in [4.69, 9.17) is 0 Å². The third-order valence-corrected chi connectivity index (χ3v) is 6.53. The average Bonchev–Trinajstić information content (AvgIpc) is 3.46. The topological polar surface area (TPSA) is 93.6 Å². The molecule has 2 amide bonds. The van der Waals surface area contributed by atoms with Crippen molar-refractivity contribution in [1.29, 1.82) is 0 Å². The van der Waals surface area contributed by atoms with Crippen molar-refractivity contribution in [3.8, 4) is 0 Å². The number of H-pyrrole nitrogens is 1. The van der Waals surface area contributed by atoms with Crippen LogP contribution in [-0.4, -0.2) is 74.5 Å². The number of aromatic amines is 1. The van der Waals surface area contributed by atoms with Crippen LogP contribution in [0.1, 0.15) is 38.6 Å². The predicted octanol–water partition coefficient (Wildman–Crippen LogP) is 4.66. The number of aromatic nitrogens is 4. The lowest BCUT2D eigenvalue weighted by Gasteiger charge is -2.30. The number of pyridine rings is 2. The number of nitrogens with zero attached hydrogens (tertiary/aromatic N) is 5. The smallest absolute Gasteiger partial charge is 0.318 e. The highest BCUT2D eigenvalue weighted by Gasteiger charge is 2.22. The normalized spacial score (nSPS) is 14.4. The van der Waals surface area contributed by atoms with Gasteiger partial charge in [-0.15, -0.1) is 0 Å². The summed E-state index contributed by atoms with van der Waals surface area (Å²) in [7, 11) is 4.17. The molecule has 0 aromatic carbocycles. The van der Waals surface area contributed by atoms with Gasteiger partial charge < -0.3 is 29.8 Å². The molecule has 0 saturated heterocycles. The molecule has 0 unspecified atom stereocenters. The number of amides is 2. The largest absolute Gasteiger partial charge is 0.354 e. The molecule has 4 aromatic rings. The lowest BCUT2D eigenvalue weighted by molar-refractivity contribution is 0.193. The standard InChI is InChI=1S/C28H36N8O/c1-28(2,3)33-27(37)35-14-9-19(10-15-35)24-16-22-23(8-12-29-26(22)32-24)31-20-6-7-25-30-17-21(36(25)18-20)11-13-34(4)5/h6-9,12,16-18H,10-11,13-15H2,1-5H3,(H,33,37)(H2,29,31,32). The highest BCUT2D eigenvalue weighted by Crippen LogP contribution is 2.30. The van der Waals surface area contributed by atoms with Gasteiger partial charge in [-0.1, -0.05) is 6.08 Å². The van der Waals surface area contributed by atoms with Gasteiger partial charge in [0.05, 0.1) is 11.4 Å². The van der Waals surface area contributed by atoms with E-state index in [2.05, 4.69) is 73.4 Å². The number of imidazole rings is 1. The van der Waals surface area contributed by atoms with Crippen LogP contribution in [0, 0.1) is 0 Å². The fourth-order valence-corrected chi connectivity index (χ4v) is 4.59. The second kappa shape index (κ2) is 9.89. The zero-order chi connectivity index (χ0) is 26.2. The summed E-state index contributed by atoms with van der Waals surface area (Å²) >= 11 is 0. The molecule has 0 saturated carbocycles. The molecule has 194 valence electrons. The fourth-order valence-electron chi connectivity index (χ4n) is 4.59. The molecule has 9 nitrogen and oxygen atoms in total. The van der Waals surface area contributed by atoms with Gasteiger partial charge in [0.15, 0.2) is 0 Å². The number of fused-ring (bicyclic) bond motifs is 2. The Morgan fingerprint density at radius 1 is 1.19 bits per heavy atom. The summed E-state index contributed by atoms with van der Waals surface area (Å²) in [5.74, 6) is 0. The highest BCUT2D eigenvalue weighted by atomic mass is 16.2. The SMILES string of the molecule is CN(C)CCc1cnc2ccc(Nc3ccnc4[nH]c(C5=CCN(C(=O)NC(C)(C)C)CC5)cc34)cn12. The highest BCUT2D eigenvalue weighted by molar-refractivity contribution is 5.94. The number of anilines is 2. The number of rotatable bonds is 6. The molecule has 0 aliphatic carbocycles. The Hall–Kier alpha value is -3.85. The second-order valence-corrected chi connectivity index (χ2v) is 11.0. The molecule has 0 radical (unpaired) electrons. The Balaban J connectivity index is 1.35. The predicted molar refractivity (Wildman–Crippen MR) is 149 cm³/mol. The monoisotopic (exact) mass is 500 g/mol. The van der Waals surface area contributed by atoms with Gasteiger partial charge in [-0.25, -0.2) is 14.8 Å². The van der Waals surface area contributed by atoms with Gasteiger partial charge in [0, 0.05) is 67.0 Å². The Bertz CT molecular complexity index is 1460. The Kier molecular flexibility index (Phi) is 6.64. The van der Waals surface area contributed by atoms with E-state index in [0.717, 1.165) is 53.1 Å². The molecule has 0 spiro atoms. The summed E-state index contributed by atoms with van der Waals surface area (Å²) in [6.07, 6.45) is 9.73. The quantitative estimate of drug-likeness (QED) is 0.358. The van der Waals surface area contributed by atoms with Gasteiger partial charge in [0.2, 0.25) is 0 Å². The molecule has 37 heavy (non-hydrogen) atoms. The maximum Gasteiger partial charge on any atom is 0.318 e. The molecule has 5 rings (SSSR count). The molecule has 9 heteroatoms. The first-order chi connectivity index (χ1) is 17.7. The van der Waals surface area contributed by atoms with Crippen LogP contribution < -0.4 is 10.6 Å². The molecule has 3 N–H and O–H groups in total. The molecule has 0 fully saturated rings. The van der Waals surface area contributed by atoms with Gasteiger partial charge in [0.1, 0.15) is 11.3 Å². The van der Waals surface area contributed by atoms with Gasteiger partial charge >= 0.3 is 6.03 Å². The second-order valence-electron chi connectivity index (χ2n) is 11.0. The van der Waals surface area contributed by atoms with E-state index in [-0.39, 0.29) is 11.6 Å². The molecular formula is C28H36N8O. The van der Waals surface area contributed by atoms with Crippen LogP contribution in [-0.2, 0) is 6.42 Å². The van der Waals surface area contributed by atoms with Gasteiger partial charge in [-0.3, -0.25) is 0 Å². The van der Waals surface area contributed by atoms with Crippen molar-refractivity contribution in [2.45, 2.75) is 39.2 Å². The number of carbonyl (C=O) groups excluding carboxylic acids is 1.